The normalized spacial score (nSPS) is 17.3. The molecule has 1 unspecified atom stereocenters. The van der Waals surface area contributed by atoms with Crippen molar-refractivity contribution in [3.05, 3.63) is 35.9 Å². The predicted molar refractivity (Wildman–Crippen MR) is 79.1 cm³/mol. The first-order chi connectivity index (χ1) is 9.29. The maximum absolute atomic E-state index is 11.9. The van der Waals surface area contributed by atoms with Gasteiger partial charge in [0, 0.05) is 18.9 Å². The fourth-order valence-corrected chi connectivity index (χ4v) is 3.01. The van der Waals surface area contributed by atoms with Crippen LogP contribution in [0.15, 0.2) is 30.3 Å². The van der Waals surface area contributed by atoms with Gasteiger partial charge in [-0.3, -0.25) is 4.79 Å². The van der Waals surface area contributed by atoms with E-state index in [1.165, 1.54) is 31.2 Å². The molecule has 1 fully saturated rings. The van der Waals surface area contributed by atoms with Crippen LogP contribution in [0.1, 0.15) is 56.9 Å². The number of nitrogens with one attached hydrogen (secondary N) is 1. The van der Waals surface area contributed by atoms with Gasteiger partial charge >= 0.3 is 0 Å². The van der Waals surface area contributed by atoms with E-state index in [1.807, 2.05) is 6.07 Å². The summed E-state index contributed by atoms with van der Waals surface area (Å²) in [5.41, 5.74) is 1.33. The van der Waals surface area contributed by atoms with Crippen LogP contribution in [0.25, 0.3) is 0 Å². The first-order valence-corrected chi connectivity index (χ1v) is 7.61. The van der Waals surface area contributed by atoms with Gasteiger partial charge in [0.1, 0.15) is 0 Å². The zero-order valence-electron chi connectivity index (χ0n) is 11.9. The van der Waals surface area contributed by atoms with Gasteiger partial charge in [-0.05, 0) is 30.7 Å². The summed E-state index contributed by atoms with van der Waals surface area (Å²) >= 11 is 0. The maximum atomic E-state index is 11.9. The van der Waals surface area contributed by atoms with Crippen molar-refractivity contribution in [2.45, 2.75) is 51.4 Å². The summed E-state index contributed by atoms with van der Waals surface area (Å²) in [5, 5.41) is 3.12. The van der Waals surface area contributed by atoms with Crippen LogP contribution in [-0.2, 0) is 4.79 Å². The summed E-state index contributed by atoms with van der Waals surface area (Å²) in [4.78, 5) is 11.9. The van der Waals surface area contributed by atoms with Crippen LogP contribution >= 0.6 is 0 Å². The van der Waals surface area contributed by atoms with Crippen molar-refractivity contribution in [2.75, 3.05) is 6.54 Å². The summed E-state index contributed by atoms with van der Waals surface area (Å²) in [6.07, 6.45) is 6.88. The zero-order valence-corrected chi connectivity index (χ0v) is 11.9. The van der Waals surface area contributed by atoms with Crippen molar-refractivity contribution in [1.29, 1.82) is 0 Å². The minimum atomic E-state index is 0.237. The molecule has 2 rings (SSSR count). The van der Waals surface area contributed by atoms with Crippen molar-refractivity contribution in [3.63, 3.8) is 0 Å². The Kier molecular flexibility index (Phi) is 5.44. The van der Waals surface area contributed by atoms with Gasteiger partial charge in [0.2, 0.25) is 5.91 Å². The number of rotatable bonds is 6. The molecule has 2 heteroatoms. The molecule has 0 aromatic heterocycles. The van der Waals surface area contributed by atoms with Crippen LogP contribution in [0, 0.1) is 5.92 Å². The van der Waals surface area contributed by atoms with Crippen LogP contribution in [0.5, 0.6) is 0 Å². The van der Waals surface area contributed by atoms with Gasteiger partial charge < -0.3 is 5.32 Å². The largest absolute Gasteiger partial charge is 0.355 e. The fourth-order valence-electron chi connectivity index (χ4n) is 3.01. The maximum Gasteiger partial charge on any atom is 0.220 e. The molecule has 0 heterocycles. The van der Waals surface area contributed by atoms with E-state index >= 15 is 0 Å². The summed E-state index contributed by atoms with van der Waals surface area (Å²) < 4.78 is 0. The molecule has 1 saturated carbocycles. The van der Waals surface area contributed by atoms with Crippen LogP contribution in [0.4, 0.5) is 0 Å². The van der Waals surface area contributed by atoms with Gasteiger partial charge in [0.15, 0.2) is 0 Å². The molecule has 0 bridgehead atoms. The minimum absolute atomic E-state index is 0.237. The molecule has 1 N–H and O–H groups in total. The Morgan fingerprint density at radius 2 is 1.95 bits per heavy atom. The lowest BCUT2D eigenvalue weighted by molar-refractivity contribution is -0.122. The lowest BCUT2D eigenvalue weighted by atomic mass is 9.96. The molecule has 0 radical (unpaired) electrons. The number of carbonyl (C=O) groups is 1. The molecule has 19 heavy (non-hydrogen) atoms. The summed E-state index contributed by atoms with van der Waals surface area (Å²) in [7, 11) is 0. The predicted octanol–water partition coefficient (Wildman–Crippen LogP) is 3.88. The highest BCUT2D eigenvalue weighted by Gasteiger charge is 2.19. The average Bonchev–Trinajstić information content (AvgIpc) is 2.93. The topological polar surface area (TPSA) is 29.1 Å². The van der Waals surface area contributed by atoms with Gasteiger partial charge in [0.05, 0.1) is 0 Å². The Balaban J connectivity index is 1.78. The number of hydrogen-bond acceptors (Lipinski definition) is 1. The molecule has 0 aliphatic heterocycles. The van der Waals surface area contributed by atoms with E-state index < -0.39 is 0 Å². The van der Waals surface area contributed by atoms with Crippen molar-refractivity contribution in [2.24, 2.45) is 5.92 Å². The Hall–Kier alpha value is -1.31. The van der Waals surface area contributed by atoms with E-state index in [2.05, 4.69) is 36.5 Å². The Labute approximate surface area is 116 Å². The van der Waals surface area contributed by atoms with E-state index in [9.17, 15) is 4.79 Å². The first-order valence-electron chi connectivity index (χ1n) is 7.61. The fraction of sp³-hybridized carbons (Fsp3) is 0.588. The third kappa shape index (κ3) is 4.38. The highest BCUT2D eigenvalue weighted by atomic mass is 16.1. The number of amides is 1. The van der Waals surface area contributed by atoms with E-state index in [4.69, 9.17) is 0 Å². The first kappa shape index (κ1) is 14.1. The Bertz CT molecular complexity index is 382. The van der Waals surface area contributed by atoms with Crippen LogP contribution in [0.3, 0.4) is 0 Å². The van der Waals surface area contributed by atoms with E-state index in [-0.39, 0.29) is 5.91 Å². The molecule has 1 aromatic rings. The van der Waals surface area contributed by atoms with Crippen molar-refractivity contribution < 1.29 is 4.79 Å². The van der Waals surface area contributed by atoms with Gasteiger partial charge in [-0.1, -0.05) is 50.1 Å². The van der Waals surface area contributed by atoms with Crippen molar-refractivity contribution in [1.82, 2.24) is 5.32 Å². The monoisotopic (exact) mass is 259 g/mol. The van der Waals surface area contributed by atoms with Gasteiger partial charge in [-0.15, -0.1) is 0 Å². The van der Waals surface area contributed by atoms with E-state index in [1.54, 1.807) is 0 Å². The van der Waals surface area contributed by atoms with Gasteiger partial charge in [0.25, 0.3) is 0 Å². The highest BCUT2D eigenvalue weighted by molar-refractivity contribution is 5.76. The quantitative estimate of drug-likeness (QED) is 0.825. The average molecular weight is 259 g/mol. The number of benzene rings is 1. The third-order valence-corrected chi connectivity index (χ3v) is 4.26. The zero-order chi connectivity index (χ0) is 13.5. The van der Waals surface area contributed by atoms with E-state index in [0.717, 1.165) is 19.4 Å². The Morgan fingerprint density at radius 1 is 1.26 bits per heavy atom. The molecule has 0 spiro atoms. The van der Waals surface area contributed by atoms with E-state index in [0.29, 0.717) is 11.8 Å². The summed E-state index contributed by atoms with van der Waals surface area (Å²) in [6.45, 7) is 2.95. The minimum Gasteiger partial charge on any atom is -0.355 e. The SMILES string of the molecule is CCC(CNC(=O)CC1CCCC1)c1ccccc1. The second-order valence-corrected chi connectivity index (χ2v) is 5.67. The highest BCUT2D eigenvalue weighted by Crippen LogP contribution is 2.27. The molecule has 0 saturated heterocycles. The molecular formula is C17H25NO. The van der Waals surface area contributed by atoms with Gasteiger partial charge in [-0.2, -0.15) is 0 Å². The molecule has 1 atom stereocenters. The smallest absolute Gasteiger partial charge is 0.220 e. The summed E-state index contributed by atoms with van der Waals surface area (Å²) in [5.74, 6) is 1.31. The molecule has 104 valence electrons. The second kappa shape index (κ2) is 7.32. The second-order valence-electron chi connectivity index (χ2n) is 5.67. The molecule has 1 aromatic carbocycles. The standard InChI is InChI=1S/C17H25NO/c1-2-15(16-10-4-3-5-11-16)13-18-17(19)12-14-8-6-7-9-14/h3-5,10-11,14-15H,2,6-9,12-13H2,1H3,(H,18,19). The molecule has 1 amide bonds. The lowest BCUT2D eigenvalue weighted by Crippen LogP contribution is -2.29. The summed E-state index contributed by atoms with van der Waals surface area (Å²) in [6, 6.07) is 10.5. The number of carbonyl (C=O) groups excluding carboxylic acids is 1. The van der Waals surface area contributed by atoms with Crippen LogP contribution < -0.4 is 5.32 Å². The lowest BCUT2D eigenvalue weighted by Gasteiger charge is -2.17. The molecular weight excluding hydrogens is 234 g/mol. The van der Waals surface area contributed by atoms with Crippen LogP contribution in [-0.4, -0.2) is 12.5 Å². The molecule has 2 nitrogen and oxygen atoms in total. The molecule has 1 aliphatic carbocycles. The van der Waals surface area contributed by atoms with Gasteiger partial charge in [-0.25, -0.2) is 0 Å². The Morgan fingerprint density at radius 3 is 2.58 bits per heavy atom. The molecule has 1 aliphatic rings. The van der Waals surface area contributed by atoms with Crippen molar-refractivity contribution in [3.8, 4) is 0 Å². The van der Waals surface area contributed by atoms with Crippen LogP contribution in [0.2, 0.25) is 0 Å². The third-order valence-electron chi connectivity index (χ3n) is 4.26. The number of hydrogen-bond donors (Lipinski definition) is 1. The van der Waals surface area contributed by atoms with Crippen molar-refractivity contribution >= 4 is 5.91 Å².